The third-order valence-electron chi connectivity index (χ3n) is 6.80. The highest BCUT2D eigenvalue weighted by atomic mass is 16.4. The maximum absolute atomic E-state index is 8.78. The summed E-state index contributed by atoms with van der Waals surface area (Å²) < 4.78 is 2.15. The van der Waals surface area contributed by atoms with Gasteiger partial charge in [-0.05, 0) is 49.6 Å². The van der Waals surface area contributed by atoms with Crippen LogP contribution in [0.1, 0.15) is 49.4 Å². The second-order valence-electron chi connectivity index (χ2n) is 9.29. The summed E-state index contributed by atoms with van der Waals surface area (Å²) in [4.78, 5) is 27.7. The maximum Gasteiger partial charge on any atom is 0.402 e. The van der Waals surface area contributed by atoms with Crippen LogP contribution < -0.4 is 11.5 Å². The Morgan fingerprint density at radius 3 is 2.51 bits per heavy atom. The van der Waals surface area contributed by atoms with Crippen LogP contribution in [0.3, 0.4) is 0 Å². The summed E-state index contributed by atoms with van der Waals surface area (Å²) in [5, 5.41) is 8.32. The molecule has 5 aromatic rings. The average Bonchev–Trinajstić information content (AvgIpc) is 3.30. The fourth-order valence-electron chi connectivity index (χ4n) is 5.13. The van der Waals surface area contributed by atoms with Gasteiger partial charge >= 0.3 is 6.09 Å². The lowest BCUT2D eigenvalue weighted by atomic mass is 9.89. The number of primary amides is 1. The van der Waals surface area contributed by atoms with Crippen LogP contribution in [-0.2, 0) is 0 Å². The normalized spacial score (nSPS) is 13.9. The number of rotatable bonds is 3. The number of aromatic nitrogens is 5. The van der Waals surface area contributed by atoms with Crippen LogP contribution >= 0.6 is 0 Å². The number of hydrogen-bond donors (Lipinski definition) is 3. The van der Waals surface area contributed by atoms with Crippen molar-refractivity contribution in [1.29, 1.82) is 0 Å². The molecule has 4 aromatic heterocycles. The van der Waals surface area contributed by atoms with Gasteiger partial charge in [0.25, 0.3) is 0 Å². The molecule has 6 rings (SSSR count). The van der Waals surface area contributed by atoms with Crippen molar-refractivity contribution in [2.45, 2.75) is 44.9 Å². The Labute approximate surface area is 214 Å². The zero-order valence-electron chi connectivity index (χ0n) is 20.6. The van der Waals surface area contributed by atoms with E-state index in [-0.39, 0.29) is 0 Å². The molecule has 188 valence electrons. The van der Waals surface area contributed by atoms with Crippen molar-refractivity contribution >= 4 is 28.3 Å². The fraction of sp³-hybridized carbons (Fsp3) is 0.250. The Kier molecular flexibility index (Phi) is 6.68. The van der Waals surface area contributed by atoms with E-state index < -0.39 is 6.09 Å². The van der Waals surface area contributed by atoms with Gasteiger partial charge in [-0.15, -0.1) is 0 Å². The highest BCUT2D eigenvalue weighted by Gasteiger charge is 2.24. The molecule has 1 aliphatic rings. The number of benzene rings is 1. The molecule has 4 heterocycles. The minimum atomic E-state index is -1.33. The van der Waals surface area contributed by atoms with Crippen molar-refractivity contribution in [3.63, 3.8) is 0 Å². The third-order valence-corrected chi connectivity index (χ3v) is 6.80. The highest BCUT2D eigenvalue weighted by Crippen LogP contribution is 2.37. The first-order valence-electron chi connectivity index (χ1n) is 12.4. The predicted molar refractivity (Wildman–Crippen MR) is 144 cm³/mol. The van der Waals surface area contributed by atoms with Crippen LogP contribution in [0.25, 0.3) is 39.1 Å². The summed E-state index contributed by atoms with van der Waals surface area (Å²) in [6, 6.07) is 14.4. The molecule has 1 fully saturated rings. The van der Waals surface area contributed by atoms with Gasteiger partial charge in [-0.2, -0.15) is 0 Å². The smallest absolute Gasteiger partial charge is 0.402 e. The molecule has 0 aliphatic heterocycles. The summed E-state index contributed by atoms with van der Waals surface area (Å²) in [6.07, 6.45) is 10.4. The summed E-state index contributed by atoms with van der Waals surface area (Å²) in [5.74, 6) is 2.06. The summed E-state index contributed by atoms with van der Waals surface area (Å²) in [7, 11) is 0. The lowest BCUT2D eigenvalue weighted by Gasteiger charge is -2.20. The number of amides is 1. The molecular formula is C28H29N7O2. The first-order valence-corrected chi connectivity index (χ1v) is 12.4. The van der Waals surface area contributed by atoms with Gasteiger partial charge in [0.1, 0.15) is 22.9 Å². The van der Waals surface area contributed by atoms with Crippen LogP contribution in [0.2, 0.25) is 0 Å². The monoisotopic (exact) mass is 495 g/mol. The number of anilines is 1. The molecule has 0 spiro atoms. The second kappa shape index (κ2) is 10.2. The number of hydrogen-bond acceptors (Lipinski definition) is 6. The Hall–Kier alpha value is -4.53. The lowest BCUT2D eigenvalue weighted by Crippen LogP contribution is -2.09. The van der Waals surface area contributed by atoms with E-state index in [9.17, 15) is 0 Å². The fourth-order valence-corrected chi connectivity index (χ4v) is 5.13. The van der Waals surface area contributed by atoms with Gasteiger partial charge in [0.05, 0.1) is 16.9 Å². The number of nitrogens with zero attached hydrogens (tertiary/aromatic N) is 5. The van der Waals surface area contributed by atoms with Gasteiger partial charge in [0.2, 0.25) is 0 Å². The van der Waals surface area contributed by atoms with Crippen molar-refractivity contribution in [2.75, 3.05) is 5.73 Å². The molecule has 0 radical (unpaired) electrons. The molecule has 1 saturated carbocycles. The van der Waals surface area contributed by atoms with Crippen LogP contribution in [-0.4, -0.2) is 35.5 Å². The molecule has 0 saturated heterocycles. The Balaban J connectivity index is 0.000000655. The van der Waals surface area contributed by atoms with Gasteiger partial charge in [0, 0.05) is 35.5 Å². The number of pyridine rings is 2. The molecule has 9 nitrogen and oxygen atoms in total. The van der Waals surface area contributed by atoms with Crippen molar-refractivity contribution in [3.8, 4) is 22.6 Å². The van der Waals surface area contributed by atoms with E-state index in [2.05, 4.69) is 51.3 Å². The number of carboxylic acid groups (broad SMARTS) is 1. The maximum atomic E-state index is 8.78. The number of nitrogens with two attached hydrogens (primary N) is 2. The summed E-state index contributed by atoms with van der Waals surface area (Å²) >= 11 is 0. The predicted octanol–water partition coefficient (Wildman–Crippen LogP) is 5.57. The molecule has 1 aliphatic carbocycles. The minimum Gasteiger partial charge on any atom is -0.465 e. The zero-order valence-corrected chi connectivity index (χ0v) is 20.6. The standard InChI is InChI=1S/C27H26N6.CH3NO2/c1-17-15-23(21-9-5-6-12-29-21)31-22-16-19(10-11-20(17)22)24-25-26(28)30-13-14-33(25)27(32-24)18-7-3-2-4-8-18;2-1(3)4/h5-6,9-16,18H,2-4,7-8H2,1H3,(H2,28,30);2H2,(H,3,4). The van der Waals surface area contributed by atoms with E-state index in [4.69, 9.17) is 25.6 Å². The van der Waals surface area contributed by atoms with Crippen LogP contribution in [0.15, 0.2) is 61.1 Å². The van der Waals surface area contributed by atoms with Crippen molar-refractivity contribution in [2.24, 2.45) is 5.73 Å². The SMILES string of the molecule is Cc1cc(-c2ccccn2)nc2cc(-c3nc(C4CCCCC4)n4ccnc(N)c34)ccc12.NC(=O)O. The minimum absolute atomic E-state index is 0.457. The largest absolute Gasteiger partial charge is 0.465 e. The van der Waals surface area contributed by atoms with E-state index in [1.165, 1.54) is 37.7 Å². The van der Waals surface area contributed by atoms with Gasteiger partial charge in [0.15, 0.2) is 0 Å². The summed E-state index contributed by atoms with van der Waals surface area (Å²) in [6.45, 7) is 2.12. The number of carbonyl (C=O) groups is 1. The Bertz CT molecular complexity index is 1570. The van der Waals surface area contributed by atoms with Crippen LogP contribution in [0.4, 0.5) is 10.6 Å². The number of aryl methyl sites for hydroxylation is 1. The zero-order chi connectivity index (χ0) is 25.9. The average molecular weight is 496 g/mol. The number of fused-ring (bicyclic) bond motifs is 2. The Morgan fingerprint density at radius 1 is 1.00 bits per heavy atom. The quantitative estimate of drug-likeness (QED) is 0.297. The first-order chi connectivity index (χ1) is 17.9. The van der Waals surface area contributed by atoms with E-state index in [0.717, 1.165) is 44.9 Å². The van der Waals surface area contributed by atoms with E-state index >= 15 is 0 Å². The molecular weight excluding hydrogens is 466 g/mol. The molecule has 1 amide bonds. The highest BCUT2D eigenvalue weighted by molar-refractivity contribution is 5.92. The van der Waals surface area contributed by atoms with Gasteiger partial charge < -0.3 is 16.6 Å². The third kappa shape index (κ3) is 4.93. The topological polar surface area (TPSA) is 145 Å². The molecule has 9 heteroatoms. The van der Waals surface area contributed by atoms with Crippen LogP contribution in [0.5, 0.6) is 0 Å². The first kappa shape index (κ1) is 24.2. The number of nitrogen functional groups attached to an aromatic ring is 1. The summed E-state index contributed by atoms with van der Waals surface area (Å²) in [5.41, 5.74) is 17.0. The molecule has 5 N–H and O–H groups in total. The van der Waals surface area contributed by atoms with E-state index in [0.29, 0.717) is 11.7 Å². The molecule has 37 heavy (non-hydrogen) atoms. The van der Waals surface area contributed by atoms with Crippen molar-refractivity contribution in [1.82, 2.24) is 24.3 Å². The molecule has 0 bridgehead atoms. The van der Waals surface area contributed by atoms with Gasteiger partial charge in [-0.1, -0.05) is 37.5 Å². The van der Waals surface area contributed by atoms with Crippen molar-refractivity contribution in [3.05, 3.63) is 72.4 Å². The second-order valence-corrected chi connectivity index (χ2v) is 9.29. The van der Waals surface area contributed by atoms with Crippen LogP contribution in [0, 0.1) is 6.92 Å². The number of imidazole rings is 1. The van der Waals surface area contributed by atoms with Gasteiger partial charge in [-0.25, -0.2) is 19.7 Å². The van der Waals surface area contributed by atoms with Gasteiger partial charge in [-0.3, -0.25) is 9.38 Å². The molecule has 0 atom stereocenters. The van der Waals surface area contributed by atoms with E-state index in [1.807, 2.05) is 24.4 Å². The van der Waals surface area contributed by atoms with E-state index in [1.54, 1.807) is 12.4 Å². The Morgan fingerprint density at radius 2 is 1.78 bits per heavy atom. The van der Waals surface area contributed by atoms with Crippen molar-refractivity contribution < 1.29 is 9.90 Å². The molecule has 1 aromatic carbocycles. The lowest BCUT2D eigenvalue weighted by molar-refractivity contribution is 0.205. The molecule has 0 unspecified atom stereocenters.